The summed E-state index contributed by atoms with van der Waals surface area (Å²) in [6.45, 7) is 4.22. The van der Waals surface area contributed by atoms with Gasteiger partial charge in [0.25, 0.3) is 0 Å². The third-order valence-corrected chi connectivity index (χ3v) is 3.87. The Morgan fingerprint density at radius 1 is 1.33 bits per heavy atom. The van der Waals surface area contributed by atoms with Crippen LogP contribution in [0.4, 0.5) is 0 Å². The summed E-state index contributed by atoms with van der Waals surface area (Å²) in [5.74, 6) is 0.537. The molecule has 2 aromatic rings. The number of hydrogen-bond donors (Lipinski definition) is 1. The molecule has 1 aromatic heterocycles. The van der Waals surface area contributed by atoms with E-state index in [1.165, 1.54) is 24.0 Å². The quantitative estimate of drug-likeness (QED) is 0.846. The Morgan fingerprint density at radius 3 is 3.00 bits per heavy atom. The first kappa shape index (κ1) is 11.9. The monoisotopic (exact) mass is 260 g/mol. The molecule has 0 spiro atoms. The fraction of sp³-hybridized carbons (Fsp3) is 0.400. The summed E-state index contributed by atoms with van der Waals surface area (Å²) in [6, 6.07) is 6.26. The molecule has 1 saturated heterocycles. The highest BCUT2D eigenvalue weighted by Crippen LogP contribution is 2.31. The van der Waals surface area contributed by atoms with Gasteiger partial charge in [0.2, 0.25) is 0 Å². The van der Waals surface area contributed by atoms with Gasteiger partial charge in [-0.15, -0.1) is 0 Å². The van der Waals surface area contributed by atoms with Crippen molar-refractivity contribution >= 4 is 22.5 Å². The summed E-state index contributed by atoms with van der Waals surface area (Å²) < 4.78 is 0. The Kier molecular flexibility index (Phi) is 3.23. The number of aromatic nitrogens is 1. The van der Waals surface area contributed by atoms with E-state index in [0.717, 1.165) is 29.0 Å². The van der Waals surface area contributed by atoms with Gasteiger partial charge in [-0.1, -0.05) is 11.6 Å². The van der Waals surface area contributed by atoms with E-state index in [4.69, 9.17) is 11.6 Å². The van der Waals surface area contributed by atoms with Gasteiger partial charge < -0.3 is 5.32 Å². The second-order valence-electron chi connectivity index (χ2n) is 5.12. The normalized spacial score (nSPS) is 20.2. The maximum absolute atomic E-state index is 6.25. The van der Waals surface area contributed by atoms with E-state index in [0.29, 0.717) is 5.92 Å². The summed E-state index contributed by atoms with van der Waals surface area (Å²) in [5, 5.41) is 5.43. The lowest BCUT2D eigenvalue weighted by Crippen LogP contribution is -2.28. The minimum atomic E-state index is 0.537. The number of fused-ring (bicyclic) bond motifs is 1. The van der Waals surface area contributed by atoms with Gasteiger partial charge in [-0.2, -0.15) is 0 Å². The molecule has 0 aliphatic carbocycles. The van der Waals surface area contributed by atoms with E-state index in [2.05, 4.69) is 29.4 Å². The number of halogens is 1. The summed E-state index contributed by atoms with van der Waals surface area (Å²) >= 11 is 6.25. The molecule has 3 rings (SSSR count). The zero-order valence-corrected chi connectivity index (χ0v) is 11.3. The van der Waals surface area contributed by atoms with Gasteiger partial charge in [0.15, 0.2) is 0 Å². The minimum Gasteiger partial charge on any atom is -0.316 e. The van der Waals surface area contributed by atoms with Gasteiger partial charge >= 0.3 is 0 Å². The average molecular weight is 261 g/mol. The van der Waals surface area contributed by atoms with Crippen LogP contribution >= 0.6 is 11.6 Å². The van der Waals surface area contributed by atoms with E-state index in [1.807, 2.05) is 12.3 Å². The maximum atomic E-state index is 6.25. The third kappa shape index (κ3) is 2.23. The maximum Gasteiger partial charge on any atom is 0.0738 e. The van der Waals surface area contributed by atoms with Gasteiger partial charge in [0.05, 0.1) is 5.52 Å². The van der Waals surface area contributed by atoms with E-state index in [-0.39, 0.29) is 0 Å². The predicted molar refractivity (Wildman–Crippen MR) is 76.3 cm³/mol. The molecule has 0 unspecified atom stereocenters. The van der Waals surface area contributed by atoms with Crippen LogP contribution in [0.15, 0.2) is 24.4 Å². The third-order valence-electron chi connectivity index (χ3n) is 3.65. The van der Waals surface area contributed by atoms with Gasteiger partial charge in [-0.05, 0) is 61.6 Å². The van der Waals surface area contributed by atoms with Crippen LogP contribution in [-0.2, 0) is 0 Å². The number of nitrogens with zero attached hydrogens (tertiary/aromatic N) is 1. The van der Waals surface area contributed by atoms with Crippen molar-refractivity contribution in [2.24, 2.45) is 0 Å². The van der Waals surface area contributed by atoms with Crippen molar-refractivity contribution in [3.8, 4) is 0 Å². The molecule has 3 heteroatoms. The lowest BCUT2D eigenvalue weighted by molar-refractivity contribution is 0.463. The van der Waals surface area contributed by atoms with Crippen LogP contribution < -0.4 is 5.32 Å². The van der Waals surface area contributed by atoms with Crippen molar-refractivity contribution in [3.05, 3.63) is 40.5 Å². The number of nitrogens with one attached hydrogen (secondary N) is 1. The fourth-order valence-corrected chi connectivity index (χ4v) is 3.01. The Hall–Kier alpha value is -1.12. The van der Waals surface area contributed by atoms with Crippen molar-refractivity contribution in [2.75, 3.05) is 13.1 Å². The number of hydrogen-bond acceptors (Lipinski definition) is 2. The first-order chi connectivity index (χ1) is 8.74. The van der Waals surface area contributed by atoms with Gasteiger partial charge in [-0.3, -0.25) is 4.98 Å². The molecule has 1 aromatic carbocycles. The molecular weight excluding hydrogens is 244 g/mol. The molecule has 0 saturated carbocycles. The van der Waals surface area contributed by atoms with Crippen LogP contribution in [0.2, 0.25) is 5.02 Å². The number of aryl methyl sites for hydroxylation is 1. The molecule has 2 heterocycles. The SMILES string of the molecule is Cc1cnc2c([C@@H]3CCCNC3)cc(Cl)cc2c1. The molecule has 1 fully saturated rings. The second kappa shape index (κ2) is 4.87. The topological polar surface area (TPSA) is 24.9 Å². The second-order valence-corrected chi connectivity index (χ2v) is 5.56. The minimum absolute atomic E-state index is 0.537. The lowest BCUT2D eigenvalue weighted by Gasteiger charge is -2.24. The molecule has 0 radical (unpaired) electrons. The van der Waals surface area contributed by atoms with E-state index >= 15 is 0 Å². The molecule has 18 heavy (non-hydrogen) atoms. The highest BCUT2D eigenvalue weighted by Gasteiger charge is 2.18. The summed E-state index contributed by atoms with van der Waals surface area (Å²) in [4.78, 5) is 4.61. The summed E-state index contributed by atoms with van der Waals surface area (Å²) in [6.07, 6.45) is 4.39. The van der Waals surface area contributed by atoms with Crippen molar-refractivity contribution in [3.63, 3.8) is 0 Å². The summed E-state index contributed by atoms with van der Waals surface area (Å²) in [5.41, 5.74) is 3.58. The highest BCUT2D eigenvalue weighted by molar-refractivity contribution is 6.31. The standard InChI is InChI=1S/C15H17ClN2/c1-10-5-12-6-13(16)7-14(15(12)18-8-10)11-3-2-4-17-9-11/h5-8,11,17H,2-4,9H2,1H3/t11-/m1/s1. The Bertz CT molecular complexity index is 569. The Morgan fingerprint density at radius 2 is 2.22 bits per heavy atom. The van der Waals surface area contributed by atoms with E-state index in [9.17, 15) is 0 Å². The average Bonchev–Trinajstić information content (AvgIpc) is 2.38. The largest absolute Gasteiger partial charge is 0.316 e. The molecule has 1 aliphatic heterocycles. The molecule has 1 N–H and O–H groups in total. The molecule has 1 aliphatic rings. The number of pyridine rings is 1. The highest BCUT2D eigenvalue weighted by atomic mass is 35.5. The van der Waals surface area contributed by atoms with Crippen LogP contribution in [0, 0.1) is 6.92 Å². The van der Waals surface area contributed by atoms with Gasteiger partial charge in [0.1, 0.15) is 0 Å². The van der Waals surface area contributed by atoms with Crippen LogP contribution in [0.25, 0.3) is 10.9 Å². The molecule has 1 atom stereocenters. The number of benzene rings is 1. The zero-order chi connectivity index (χ0) is 12.5. The molecule has 2 nitrogen and oxygen atoms in total. The van der Waals surface area contributed by atoms with Crippen LogP contribution in [0.1, 0.15) is 29.9 Å². The molecule has 0 bridgehead atoms. The van der Waals surface area contributed by atoms with Crippen molar-refractivity contribution in [1.29, 1.82) is 0 Å². The zero-order valence-electron chi connectivity index (χ0n) is 10.5. The summed E-state index contributed by atoms with van der Waals surface area (Å²) in [7, 11) is 0. The smallest absolute Gasteiger partial charge is 0.0738 e. The van der Waals surface area contributed by atoms with Crippen LogP contribution in [0.3, 0.4) is 0 Å². The molecule has 0 amide bonds. The first-order valence-electron chi connectivity index (χ1n) is 6.50. The van der Waals surface area contributed by atoms with Gasteiger partial charge in [-0.25, -0.2) is 0 Å². The number of rotatable bonds is 1. The van der Waals surface area contributed by atoms with Crippen molar-refractivity contribution < 1.29 is 0 Å². The Balaban J connectivity index is 2.14. The predicted octanol–water partition coefficient (Wildman–Crippen LogP) is 3.66. The van der Waals surface area contributed by atoms with Crippen LogP contribution in [0.5, 0.6) is 0 Å². The Labute approximate surface area is 112 Å². The molecule has 94 valence electrons. The molecular formula is C15H17ClN2. The number of piperidine rings is 1. The van der Waals surface area contributed by atoms with Gasteiger partial charge in [0, 0.05) is 23.2 Å². The van der Waals surface area contributed by atoms with Crippen LogP contribution in [-0.4, -0.2) is 18.1 Å². The lowest BCUT2D eigenvalue weighted by atomic mass is 9.90. The van der Waals surface area contributed by atoms with E-state index < -0.39 is 0 Å². The fourth-order valence-electron chi connectivity index (χ4n) is 2.78. The van der Waals surface area contributed by atoms with Crippen molar-refractivity contribution in [1.82, 2.24) is 10.3 Å². The van der Waals surface area contributed by atoms with Crippen molar-refractivity contribution in [2.45, 2.75) is 25.7 Å². The van der Waals surface area contributed by atoms with E-state index in [1.54, 1.807) is 0 Å². The first-order valence-corrected chi connectivity index (χ1v) is 6.88.